The summed E-state index contributed by atoms with van der Waals surface area (Å²) < 4.78 is 0. The number of aryl methyl sites for hydroxylation is 1. The number of anilines is 1. The van der Waals surface area contributed by atoms with E-state index < -0.39 is 5.97 Å². The molecule has 0 radical (unpaired) electrons. The van der Waals surface area contributed by atoms with Crippen molar-refractivity contribution in [2.45, 2.75) is 32.7 Å². The van der Waals surface area contributed by atoms with Crippen LogP contribution in [-0.4, -0.2) is 35.0 Å². The van der Waals surface area contributed by atoms with Gasteiger partial charge in [-0.05, 0) is 42.8 Å². The Hall–Kier alpha value is -2.66. The van der Waals surface area contributed by atoms with E-state index in [0.717, 1.165) is 24.2 Å². The summed E-state index contributed by atoms with van der Waals surface area (Å²) in [5.41, 5.74) is 2.53. The smallest absolute Gasteiger partial charge is 0.303 e. The van der Waals surface area contributed by atoms with Crippen LogP contribution in [0.1, 0.15) is 37.4 Å². The number of hydrogen-bond donors (Lipinski definition) is 2. The van der Waals surface area contributed by atoms with Gasteiger partial charge < -0.3 is 10.4 Å². The minimum Gasteiger partial charge on any atom is -0.481 e. The second-order valence-electron chi connectivity index (χ2n) is 6.12. The number of amides is 1. The van der Waals surface area contributed by atoms with Gasteiger partial charge in [0, 0.05) is 12.1 Å². The van der Waals surface area contributed by atoms with Crippen molar-refractivity contribution in [1.82, 2.24) is 4.90 Å². The average molecular weight is 354 g/mol. The molecule has 0 fully saturated rings. The molecule has 2 aromatic rings. The summed E-state index contributed by atoms with van der Waals surface area (Å²) in [6.45, 7) is 5.61. The lowest BCUT2D eigenvalue weighted by molar-refractivity contribution is -0.137. The van der Waals surface area contributed by atoms with Gasteiger partial charge >= 0.3 is 5.97 Å². The molecular formula is C21H26N2O3. The van der Waals surface area contributed by atoms with Gasteiger partial charge in [-0.2, -0.15) is 0 Å². The van der Waals surface area contributed by atoms with Crippen molar-refractivity contribution in [2.75, 3.05) is 18.4 Å². The Morgan fingerprint density at radius 1 is 1.04 bits per heavy atom. The number of hydrogen-bond acceptors (Lipinski definition) is 3. The van der Waals surface area contributed by atoms with E-state index in [9.17, 15) is 9.59 Å². The second kappa shape index (κ2) is 9.73. The molecule has 0 heterocycles. The minimum atomic E-state index is -0.829. The van der Waals surface area contributed by atoms with Gasteiger partial charge in [-0.15, -0.1) is 0 Å². The molecule has 1 amide bonds. The van der Waals surface area contributed by atoms with Crippen LogP contribution in [0.5, 0.6) is 0 Å². The molecule has 138 valence electrons. The van der Waals surface area contributed by atoms with E-state index in [2.05, 4.69) is 10.2 Å². The summed E-state index contributed by atoms with van der Waals surface area (Å²) in [6, 6.07) is 16.7. The molecule has 0 spiro atoms. The average Bonchev–Trinajstić information content (AvgIpc) is 2.65. The highest BCUT2D eigenvalue weighted by molar-refractivity contribution is 5.95. The molecule has 0 aliphatic rings. The van der Waals surface area contributed by atoms with Crippen molar-refractivity contribution in [3.8, 4) is 0 Å². The lowest BCUT2D eigenvalue weighted by Gasteiger charge is -2.29. The molecular weight excluding hydrogens is 328 g/mol. The number of carbonyl (C=O) groups is 2. The molecule has 5 nitrogen and oxygen atoms in total. The zero-order valence-electron chi connectivity index (χ0n) is 15.3. The Bertz CT molecular complexity index is 727. The lowest BCUT2D eigenvalue weighted by atomic mass is 10.0. The van der Waals surface area contributed by atoms with E-state index >= 15 is 0 Å². The molecule has 0 saturated heterocycles. The van der Waals surface area contributed by atoms with Crippen LogP contribution in [0.25, 0.3) is 0 Å². The molecule has 1 atom stereocenters. The Labute approximate surface area is 154 Å². The van der Waals surface area contributed by atoms with E-state index in [1.54, 1.807) is 0 Å². The van der Waals surface area contributed by atoms with Crippen LogP contribution in [0.2, 0.25) is 0 Å². The van der Waals surface area contributed by atoms with Crippen molar-refractivity contribution in [1.29, 1.82) is 0 Å². The molecule has 0 aromatic heterocycles. The van der Waals surface area contributed by atoms with E-state index in [1.165, 1.54) is 0 Å². The van der Waals surface area contributed by atoms with E-state index in [4.69, 9.17) is 5.11 Å². The highest BCUT2D eigenvalue weighted by Crippen LogP contribution is 2.23. The van der Waals surface area contributed by atoms with Crippen molar-refractivity contribution in [3.05, 3.63) is 65.7 Å². The Balaban J connectivity index is 2.19. The van der Waals surface area contributed by atoms with Crippen LogP contribution in [0.4, 0.5) is 5.69 Å². The molecule has 0 saturated carbocycles. The fourth-order valence-electron chi connectivity index (χ4n) is 3.02. The van der Waals surface area contributed by atoms with Gasteiger partial charge in [0.05, 0.1) is 0 Å². The van der Waals surface area contributed by atoms with Crippen molar-refractivity contribution >= 4 is 17.6 Å². The second-order valence-corrected chi connectivity index (χ2v) is 6.12. The molecule has 2 N–H and O–H groups in total. The van der Waals surface area contributed by atoms with Gasteiger partial charge in [0.15, 0.2) is 0 Å². The van der Waals surface area contributed by atoms with Crippen molar-refractivity contribution in [2.24, 2.45) is 0 Å². The van der Waals surface area contributed by atoms with Crippen LogP contribution in [-0.2, 0) is 16.0 Å². The molecule has 26 heavy (non-hydrogen) atoms. The third kappa shape index (κ3) is 5.43. The first-order valence-electron chi connectivity index (χ1n) is 8.95. The lowest BCUT2D eigenvalue weighted by Crippen LogP contribution is -2.37. The maximum absolute atomic E-state index is 13.0. The van der Waals surface area contributed by atoms with Gasteiger partial charge in [-0.25, -0.2) is 0 Å². The SMILES string of the molecule is CCN(CC)C(C(=O)Nc1cccc(CCC(=O)O)c1)c1ccccc1. The summed E-state index contributed by atoms with van der Waals surface area (Å²) in [6.07, 6.45) is 0.515. The third-order valence-electron chi connectivity index (χ3n) is 4.36. The number of nitrogens with zero attached hydrogens (tertiary/aromatic N) is 1. The molecule has 0 bridgehead atoms. The first-order valence-corrected chi connectivity index (χ1v) is 8.95. The van der Waals surface area contributed by atoms with Gasteiger partial charge in [-0.1, -0.05) is 56.3 Å². The highest BCUT2D eigenvalue weighted by atomic mass is 16.4. The van der Waals surface area contributed by atoms with Crippen molar-refractivity contribution in [3.63, 3.8) is 0 Å². The number of benzene rings is 2. The normalized spacial score (nSPS) is 12.0. The standard InChI is InChI=1S/C21H26N2O3/c1-3-23(4-2)20(17-10-6-5-7-11-17)21(26)22-18-12-8-9-16(15-18)13-14-19(24)25/h5-12,15,20H,3-4,13-14H2,1-2H3,(H,22,26)(H,24,25). The number of carboxylic acids is 1. The van der Waals surface area contributed by atoms with E-state index in [-0.39, 0.29) is 18.4 Å². The first kappa shape index (κ1) is 19.7. The zero-order valence-corrected chi connectivity index (χ0v) is 15.3. The van der Waals surface area contributed by atoms with Crippen LogP contribution in [0, 0.1) is 0 Å². The van der Waals surface area contributed by atoms with E-state index in [1.807, 2.05) is 68.4 Å². The van der Waals surface area contributed by atoms with Gasteiger partial charge in [0.25, 0.3) is 0 Å². The Morgan fingerprint density at radius 3 is 2.35 bits per heavy atom. The fourth-order valence-corrected chi connectivity index (χ4v) is 3.02. The predicted molar refractivity (Wildman–Crippen MR) is 103 cm³/mol. The molecule has 0 aliphatic heterocycles. The molecule has 2 rings (SSSR count). The van der Waals surface area contributed by atoms with E-state index in [0.29, 0.717) is 12.1 Å². The third-order valence-corrected chi connectivity index (χ3v) is 4.36. The minimum absolute atomic E-state index is 0.0729. The maximum atomic E-state index is 13.0. The van der Waals surface area contributed by atoms with Crippen LogP contribution in [0.3, 0.4) is 0 Å². The number of carbonyl (C=O) groups excluding carboxylic acids is 1. The monoisotopic (exact) mass is 354 g/mol. The van der Waals surface area contributed by atoms with Gasteiger partial charge in [-0.3, -0.25) is 14.5 Å². The molecule has 2 aromatic carbocycles. The summed E-state index contributed by atoms with van der Waals surface area (Å²) in [5, 5.41) is 11.8. The van der Waals surface area contributed by atoms with Crippen molar-refractivity contribution < 1.29 is 14.7 Å². The number of carboxylic acid groups (broad SMARTS) is 1. The largest absolute Gasteiger partial charge is 0.481 e. The Kier molecular flexibility index (Phi) is 7.36. The number of likely N-dealkylation sites (N-methyl/N-ethyl adjacent to an activating group) is 1. The van der Waals surface area contributed by atoms with Gasteiger partial charge in [0.2, 0.25) is 5.91 Å². The number of nitrogens with one attached hydrogen (secondary N) is 1. The summed E-state index contributed by atoms with van der Waals surface area (Å²) in [4.78, 5) is 25.9. The van der Waals surface area contributed by atoms with Crippen LogP contribution < -0.4 is 5.32 Å². The topological polar surface area (TPSA) is 69.6 Å². The molecule has 1 unspecified atom stereocenters. The maximum Gasteiger partial charge on any atom is 0.303 e. The molecule has 5 heteroatoms. The quantitative estimate of drug-likeness (QED) is 0.720. The fraction of sp³-hybridized carbons (Fsp3) is 0.333. The Morgan fingerprint density at radius 2 is 1.73 bits per heavy atom. The summed E-state index contributed by atoms with van der Waals surface area (Å²) >= 11 is 0. The summed E-state index contributed by atoms with van der Waals surface area (Å²) in [5.74, 6) is -0.916. The molecule has 0 aliphatic carbocycles. The van der Waals surface area contributed by atoms with Crippen LogP contribution >= 0.6 is 0 Å². The summed E-state index contributed by atoms with van der Waals surface area (Å²) in [7, 11) is 0. The number of rotatable bonds is 9. The van der Waals surface area contributed by atoms with Gasteiger partial charge in [0.1, 0.15) is 6.04 Å². The predicted octanol–water partition coefficient (Wildman–Crippen LogP) is 3.73. The number of aliphatic carboxylic acids is 1. The first-order chi connectivity index (χ1) is 12.5. The van der Waals surface area contributed by atoms with Crippen LogP contribution in [0.15, 0.2) is 54.6 Å². The zero-order chi connectivity index (χ0) is 18.9. The highest BCUT2D eigenvalue weighted by Gasteiger charge is 2.25.